The van der Waals surface area contributed by atoms with Gasteiger partial charge in [-0.2, -0.15) is 0 Å². The first-order valence-electron chi connectivity index (χ1n) is 8.31. The molecule has 0 saturated carbocycles. The number of para-hydroxylation sites is 1. The van der Waals surface area contributed by atoms with Crippen molar-refractivity contribution in [3.05, 3.63) is 53.1 Å². The first-order valence-corrected chi connectivity index (χ1v) is 9.10. The zero-order chi connectivity index (χ0) is 18.4. The molecule has 0 spiro atoms. The monoisotopic (exact) mass is 418 g/mol. The van der Waals surface area contributed by atoms with Crippen LogP contribution in [0, 0.1) is 0 Å². The van der Waals surface area contributed by atoms with Gasteiger partial charge in [0.1, 0.15) is 11.6 Å². The lowest BCUT2D eigenvalue weighted by atomic mass is 10.3. The summed E-state index contributed by atoms with van der Waals surface area (Å²) in [7, 11) is 0. The van der Waals surface area contributed by atoms with Gasteiger partial charge in [0.2, 0.25) is 0 Å². The number of halogens is 1. The van der Waals surface area contributed by atoms with Crippen LogP contribution < -0.4 is 10.1 Å². The Morgan fingerprint density at radius 2 is 1.73 bits per heavy atom. The molecule has 1 aromatic heterocycles. The van der Waals surface area contributed by atoms with Gasteiger partial charge in [0.15, 0.2) is 0 Å². The van der Waals surface area contributed by atoms with Crippen molar-refractivity contribution in [2.24, 2.45) is 0 Å². The summed E-state index contributed by atoms with van der Waals surface area (Å²) in [6, 6.07) is 12.3. The zero-order valence-corrected chi connectivity index (χ0v) is 15.7. The molecule has 3 amide bonds. The maximum atomic E-state index is 12.4. The number of benzene rings is 1. The smallest absolute Gasteiger partial charge is 0.410 e. The number of pyridine rings is 1. The van der Waals surface area contributed by atoms with Crippen LogP contribution in [0.15, 0.2) is 53.1 Å². The third-order valence-electron chi connectivity index (χ3n) is 3.95. The van der Waals surface area contributed by atoms with E-state index in [2.05, 4.69) is 26.2 Å². The Hall–Kier alpha value is -2.61. The molecule has 0 bridgehead atoms. The third kappa shape index (κ3) is 4.95. The Balaban J connectivity index is 1.53. The van der Waals surface area contributed by atoms with Crippen molar-refractivity contribution in [3.8, 4) is 5.75 Å². The maximum Gasteiger partial charge on any atom is 0.415 e. The van der Waals surface area contributed by atoms with E-state index in [1.807, 2.05) is 24.3 Å². The fourth-order valence-electron chi connectivity index (χ4n) is 2.60. The fourth-order valence-corrected chi connectivity index (χ4v) is 2.83. The number of rotatable bonds is 2. The van der Waals surface area contributed by atoms with Crippen LogP contribution in [0.2, 0.25) is 0 Å². The molecule has 0 aliphatic carbocycles. The molecular formula is C18H19BrN4O3. The predicted molar refractivity (Wildman–Crippen MR) is 101 cm³/mol. The van der Waals surface area contributed by atoms with Crippen LogP contribution in [0.25, 0.3) is 0 Å². The first-order chi connectivity index (χ1) is 12.6. The molecule has 0 radical (unpaired) electrons. The summed E-state index contributed by atoms with van der Waals surface area (Å²) in [4.78, 5) is 32.1. The second-order valence-electron chi connectivity index (χ2n) is 5.80. The van der Waals surface area contributed by atoms with E-state index >= 15 is 0 Å². The molecule has 3 rings (SSSR count). The third-order valence-corrected chi connectivity index (χ3v) is 4.42. The number of amides is 3. The molecule has 1 fully saturated rings. The SMILES string of the molecule is O=C(Nc1ccc(Br)cn1)N1CCCN(C(=O)Oc2ccccc2)CC1. The van der Waals surface area contributed by atoms with E-state index in [1.165, 1.54) is 0 Å². The van der Waals surface area contributed by atoms with Gasteiger partial charge in [-0.3, -0.25) is 5.32 Å². The second kappa shape index (κ2) is 8.66. The number of carbonyl (C=O) groups excluding carboxylic acids is 2. The number of nitrogens with zero attached hydrogens (tertiary/aromatic N) is 3. The van der Waals surface area contributed by atoms with Crippen molar-refractivity contribution < 1.29 is 14.3 Å². The van der Waals surface area contributed by atoms with Crippen LogP contribution >= 0.6 is 15.9 Å². The van der Waals surface area contributed by atoms with Crippen molar-refractivity contribution in [2.75, 3.05) is 31.5 Å². The predicted octanol–water partition coefficient (Wildman–Crippen LogP) is 3.58. The van der Waals surface area contributed by atoms with E-state index in [9.17, 15) is 9.59 Å². The summed E-state index contributed by atoms with van der Waals surface area (Å²) in [6.45, 7) is 1.97. The van der Waals surface area contributed by atoms with Crippen molar-refractivity contribution >= 4 is 33.9 Å². The molecule has 26 heavy (non-hydrogen) atoms. The van der Waals surface area contributed by atoms with Gasteiger partial charge in [0.25, 0.3) is 0 Å². The van der Waals surface area contributed by atoms with Crippen LogP contribution in [-0.4, -0.2) is 53.1 Å². The molecule has 8 heteroatoms. The number of urea groups is 1. The Labute approximate surface area is 160 Å². The number of anilines is 1. The van der Waals surface area contributed by atoms with Gasteiger partial charge in [-0.05, 0) is 46.6 Å². The highest BCUT2D eigenvalue weighted by molar-refractivity contribution is 9.10. The molecule has 1 aromatic carbocycles. The molecule has 2 aromatic rings. The average Bonchev–Trinajstić information content (AvgIpc) is 2.91. The van der Waals surface area contributed by atoms with E-state index in [0.717, 1.165) is 4.47 Å². The summed E-state index contributed by atoms with van der Waals surface area (Å²) < 4.78 is 6.21. The van der Waals surface area contributed by atoms with Crippen LogP contribution in [0.5, 0.6) is 5.75 Å². The first kappa shape index (κ1) is 18.2. The molecule has 136 valence electrons. The van der Waals surface area contributed by atoms with Gasteiger partial charge in [0.05, 0.1) is 0 Å². The molecule has 7 nitrogen and oxygen atoms in total. The van der Waals surface area contributed by atoms with E-state index < -0.39 is 6.09 Å². The van der Waals surface area contributed by atoms with Crippen molar-refractivity contribution in [1.29, 1.82) is 0 Å². The van der Waals surface area contributed by atoms with Gasteiger partial charge in [-0.1, -0.05) is 18.2 Å². The number of hydrogen-bond acceptors (Lipinski definition) is 4. The quantitative estimate of drug-likeness (QED) is 0.808. The van der Waals surface area contributed by atoms with Gasteiger partial charge < -0.3 is 14.5 Å². The Bertz CT molecular complexity index is 755. The fraction of sp³-hybridized carbons (Fsp3) is 0.278. The molecule has 0 atom stereocenters. The number of ether oxygens (including phenoxy) is 1. The lowest BCUT2D eigenvalue weighted by molar-refractivity contribution is 0.153. The van der Waals surface area contributed by atoms with Crippen LogP contribution in [0.3, 0.4) is 0 Å². The van der Waals surface area contributed by atoms with Gasteiger partial charge in [-0.25, -0.2) is 14.6 Å². The van der Waals surface area contributed by atoms with E-state index in [1.54, 1.807) is 34.2 Å². The number of hydrogen-bond donors (Lipinski definition) is 1. The number of nitrogens with one attached hydrogen (secondary N) is 1. The lowest BCUT2D eigenvalue weighted by Crippen LogP contribution is -2.40. The Morgan fingerprint density at radius 3 is 2.46 bits per heavy atom. The van der Waals surface area contributed by atoms with E-state index in [-0.39, 0.29) is 6.03 Å². The summed E-state index contributed by atoms with van der Waals surface area (Å²) in [5.41, 5.74) is 0. The number of carbonyl (C=O) groups is 2. The topological polar surface area (TPSA) is 74.8 Å². The minimum Gasteiger partial charge on any atom is -0.410 e. The average molecular weight is 419 g/mol. The lowest BCUT2D eigenvalue weighted by Gasteiger charge is -2.22. The van der Waals surface area contributed by atoms with Crippen molar-refractivity contribution in [1.82, 2.24) is 14.8 Å². The summed E-state index contributed by atoms with van der Waals surface area (Å²) in [5.74, 6) is 1.00. The molecular weight excluding hydrogens is 400 g/mol. The van der Waals surface area contributed by atoms with Crippen LogP contribution in [0.4, 0.5) is 15.4 Å². The van der Waals surface area contributed by atoms with Crippen molar-refractivity contribution in [2.45, 2.75) is 6.42 Å². The maximum absolute atomic E-state index is 12.4. The normalized spacial score (nSPS) is 14.5. The highest BCUT2D eigenvalue weighted by Crippen LogP contribution is 2.14. The summed E-state index contributed by atoms with van der Waals surface area (Å²) >= 11 is 3.31. The largest absolute Gasteiger partial charge is 0.415 e. The second-order valence-corrected chi connectivity index (χ2v) is 6.72. The van der Waals surface area contributed by atoms with Gasteiger partial charge >= 0.3 is 12.1 Å². The van der Waals surface area contributed by atoms with Crippen LogP contribution in [-0.2, 0) is 0 Å². The highest BCUT2D eigenvalue weighted by Gasteiger charge is 2.23. The minimum atomic E-state index is -0.395. The number of aromatic nitrogens is 1. The summed E-state index contributed by atoms with van der Waals surface area (Å²) in [5, 5.41) is 2.77. The molecule has 1 aliphatic heterocycles. The molecule has 1 aliphatic rings. The zero-order valence-electron chi connectivity index (χ0n) is 14.1. The van der Waals surface area contributed by atoms with E-state index in [0.29, 0.717) is 44.2 Å². The van der Waals surface area contributed by atoms with Crippen molar-refractivity contribution in [3.63, 3.8) is 0 Å². The molecule has 1 saturated heterocycles. The minimum absolute atomic E-state index is 0.224. The Morgan fingerprint density at radius 1 is 1.00 bits per heavy atom. The van der Waals surface area contributed by atoms with Gasteiger partial charge in [0, 0.05) is 36.8 Å². The van der Waals surface area contributed by atoms with Crippen LogP contribution in [0.1, 0.15) is 6.42 Å². The molecule has 1 N–H and O–H groups in total. The standard InChI is InChI=1S/C18H19BrN4O3/c19-14-7-8-16(20-13-14)21-17(24)22-9-4-10-23(12-11-22)18(25)26-15-5-2-1-3-6-15/h1-3,5-8,13H,4,9-12H2,(H,20,21,24). The summed E-state index contributed by atoms with van der Waals surface area (Å²) in [6.07, 6.45) is 1.91. The van der Waals surface area contributed by atoms with Gasteiger partial charge in [-0.15, -0.1) is 0 Å². The highest BCUT2D eigenvalue weighted by atomic mass is 79.9. The van der Waals surface area contributed by atoms with E-state index in [4.69, 9.17) is 4.74 Å². The molecule has 2 heterocycles. The Kier molecular flexibility index (Phi) is 6.06. The molecule has 0 unspecified atom stereocenters.